The zero-order chi connectivity index (χ0) is 12.8. The lowest BCUT2D eigenvalue weighted by atomic mass is 10.1. The van der Waals surface area contributed by atoms with Crippen LogP contribution in [0.1, 0.15) is 12.0 Å². The molecule has 2 aliphatic rings. The Kier molecular flexibility index (Phi) is 2.23. The van der Waals surface area contributed by atoms with Gasteiger partial charge < -0.3 is 15.2 Å². The molecule has 96 valence electrons. The minimum Gasteiger partial charge on any atom is -0.351 e. The second kappa shape index (κ2) is 3.93. The molecule has 0 saturated carbocycles. The molecule has 2 fully saturated rings. The number of aromatic nitrogens is 3. The molecule has 0 aliphatic carbocycles. The summed E-state index contributed by atoms with van der Waals surface area (Å²) in [5.41, 5.74) is 1.37. The highest BCUT2D eigenvalue weighted by atomic mass is 15.3. The molecule has 19 heavy (non-hydrogen) atoms. The maximum atomic E-state index is 9.22. The highest BCUT2D eigenvalue weighted by Gasteiger charge is 2.39. The van der Waals surface area contributed by atoms with E-state index in [0.29, 0.717) is 17.5 Å². The first-order valence-electron chi connectivity index (χ1n) is 6.58. The summed E-state index contributed by atoms with van der Waals surface area (Å²) in [6.45, 7) is 3.11. The first-order valence-corrected chi connectivity index (χ1v) is 6.58. The van der Waals surface area contributed by atoms with Crippen molar-refractivity contribution in [1.82, 2.24) is 20.3 Å². The van der Waals surface area contributed by atoms with E-state index in [0.717, 1.165) is 36.5 Å². The third-order valence-electron chi connectivity index (χ3n) is 4.29. The number of anilines is 1. The highest BCUT2D eigenvalue weighted by molar-refractivity contribution is 5.93. The van der Waals surface area contributed by atoms with E-state index in [4.69, 9.17) is 0 Å². The second-order valence-corrected chi connectivity index (χ2v) is 5.20. The van der Waals surface area contributed by atoms with E-state index < -0.39 is 0 Å². The van der Waals surface area contributed by atoms with Gasteiger partial charge in [-0.05, 0) is 12.3 Å². The number of fused-ring (bicyclic) bond motifs is 2. The summed E-state index contributed by atoms with van der Waals surface area (Å²) in [7, 11) is 0. The molecule has 2 aromatic heterocycles. The van der Waals surface area contributed by atoms with Gasteiger partial charge in [-0.3, -0.25) is 0 Å². The molecule has 2 unspecified atom stereocenters. The molecule has 2 atom stereocenters. The van der Waals surface area contributed by atoms with E-state index in [1.165, 1.54) is 6.42 Å². The van der Waals surface area contributed by atoms with Gasteiger partial charge in [0.05, 0.1) is 10.9 Å². The van der Waals surface area contributed by atoms with Crippen molar-refractivity contribution >= 4 is 16.9 Å². The molecular weight excluding hydrogens is 240 g/mol. The second-order valence-electron chi connectivity index (χ2n) is 5.20. The summed E-state index contributed by atoms with van der Waals surface area (Å²) in [4.78, 5) is 14.0. The number of rotatable bonds is 1. The first kappa shape index (κ1) is 10.8. The van der Waals surface area contributed by atoms with E-state index in [2.05, 4.69) is 31.2 Å². The van der Waals surface area contributed by atoms with Crippen LogP contribution in [-0.4, -0.2) is 40.6 Å². The van der Waals surface area contributed by atoms with Crippen LogP contribution in [0.15, 0.2) is 12.5 Å². The van der Waals surface area contributed by atoms with Crippen molar-refractivity contribution < 1.29 is 0 Å². The van der Waals surface area contributed by atoms with Crippen molar-refractivity contribution in [3.8, 4) is 6.07 Å². The molecule has 6 nitrogen and oxygen atoms in total. The minimum absolute atomic E-state index is 0.500. The Balaban J connectivity index is 1.87. The maximum absolute atomic E-state index is 9.22. The van der Waals surface area contributed by atoms with E-state index in [1.54, 1.807) is 12.5 Å². The highest BCUT2D eigenvalue weighted by Crippen LogP contribution is 2.35. The zero-order valence-corrected chi connectivity index (χ0v) is 10.4. The van der Waals surface area contributed by atoms with Gasteiger partial charge in [-0.25, -0.2) is 9.97 Å². The van der Waals surface area contributed by atoms with Gasteiger partial charge in [0, 0.05) is 31.9 Å². The number of aromatic amines is 1. The molecule has 0 aromatic carbocycles. The average Bonchev–Trinajstić information content (AvgIpc) is 3.12. The van der Waals surface area contributed by atoms with Gasteiger partial charge in [0.1, 0.15) is 23.9 Å². The maximum Gasteiger partial charge on any atom is 0.144 e. The molecule has 0 amide bonds. The Bertz CT molecular complexity index is 669. The molecule has 2 aliphatic heterocycles. The normalized spacial score (nSPS) is 25.7. The van der Waals surface area contributed by atoms with Crippen LogP contribution in [0.2, 0.25) is 0 Å². The Hall–Kier alpha value is -2.13. The van der Waals surface area contributed by atoms with Crippen LogP contribution in [0.3, 0.4) is 0 Å². The van der Waals surface area contributed by atoms with Gasteiger partial charge in [-0.15, -0.1) is 0 Å². The van der Waals surface area contributed by atoms with Crippen LogP contribution in [0.25, 0.3) is 11.0 Å². The van der Waals surface area contributed by atoms with Crippen molar-refractivity contribution in [2.24, 2.45) is 5.92 Å². The molecule has 0 bridgehead atoms. The number of hydrogen-bond acceptors (Lipinski definition) is 5. The molecule has 0 radical (unpaired) electrons. The van der Waals surface area contributed by atoms with Gasteiger partial charge in [0.15, 0.2) is 0 Å². The van der Waals surface area contributed by atoms with Crippen molar-refractivity contribution in [2.45, 2.75) is 12.5 Å². The van der Waals surface area contributed by atoms with Crippen LogP contribution in [0, 0.1) is 17.2 Å². The van der Waals surface area contributed by atoms with Crippen molar-refractivity contribution in [3.05, 3.63) is 18.1 Å². The summed E-state index contributed by atoms with van der Waals surface area (Å²) in [5, 5.41) is 13.5. The summed E-state index contributed by atoms with van der Waals surface area (Å²) >= 11 is 0. The predicted octanol–water partition coefficient (Wildman–Crippen LogP) is 0.628. The van der Waals surface area contributed by atoms with Crippen LogP contribution >= 0.6 is 0 Å². The van der Waals surface area contributed by atoms with Crippen LogP contribution in [-0.2, 0) is 0 Å². The number of nitrogens with one attached hydrogen (secondary N) is 2. The fourth-order valence-corrected chi connectivity index (χ4v) is 3.36. The molecule has 4 heterocycles. The van der Waals surface area contributed by atoms with Gasteiger partial charge >= 0.3 is 0 Å². The van der Waals surface area contributed by atoms with Crippen molar-refractivity contribution in [2.75, 3.05) is 24.5 Å². The number of nitriles is 1. The molecule has 2 saturated heterocycles. The molecule has 6 heteroatoms. The monoisotopic (exact) mass is 254 g/mol. The predicted molar refractivity (Wildman–Crippen MR) is 70.7 cm³/mol. The third kappa shape index (κ3) is 1.45. The van der Waals surface area contributed by atoms with Crippen LogP contribution in [0.4, 0.5) is 5.82 Å². The minimum atomic E-state index is 0.500. The molecular formula is C13H14N6. The zero-order valence-electron chi connectivity index (χ0n) is 10.4. The topological polar surface area (TPSA) is 80.6 Å². The van der Waals surface area contributed by atoms with Crippen LogP contribution in [0.5, 0.6) is 0 Å². The van der Waals surface area contributed by atoms with Crippen molar-refractivity contribution in [1.29, 1.82) is 5.26 Å². The van der Waals surface area contributed by atoms with Gasteiger partial charge in [0.25, 0.3) is 0 Å². The summed E-state index contributed by atoms with van der Waals surface area (Å²) in [6.07, 6.45) is 4.48. The van der Waals surface area contributed by atoms with Gasteiger partial charge in [0.2, 0.25) is 0 Å². The number of nitrogens with zero attached hydrogens (tertiary/aromatic N) is 4. The van der Waals surface area contributed by atoms with Crippen LogP contribution < -0.4 is 10.2 Å². The Morgan fingerprint density at radius 2 is 2.32 bits per heavy atom. The fraction of sp³-hybridized carbons (Fsp3) is 0.462. The molecule has 2 aromatic rings. The lowest BCUT2D eigenvalue weighted by Crippen LogP contribution is -2.34. The van der Waals surface area contributed by atoms with E-state index >= 15 is 0 Å². The number of hydrogen-bond donors (Lipinski definition) is 2. The molecule has 0 spiro atoms. The Morgan fingerprint density at radius 3 is 3.21 bits per heavy atom. The third-order valence-corrected chi connectivity index (χ3v) is 4.29. The first-order chi connectivity index (χ1) is 9.38. The fourth-order valence-electron chi connectivity index (χ4n) is 3.36. The summed E-state index contributed by atoms with van der Waals surface area (Å²) in [5.74, 6) is 1.61. The average molecular weight is 254 g/mol. The van der Waals surface area contributed by atoms with Gasteiger partial charge in [-0.2, -0.15) is 5.26 Å². The Labute approximate surface area is 110 Å². The molecule has 4 rings (SSSR count). The van der Waals surface area contributed by atoms with E-state index in [-0.39, 0.29) is 0 Å². The van der Waals surface area contributed by atoms with Gasteiger partial charge in [-0.1, -0.05) is 0 Å². The summed E-state index contributed by atoms with van der Waals surface area (Å²) < 4.78 is 0. The Morgan fingerprint density at radius 1 is 1.37 bits per heavy atom. The standard InChI is InChI=1S/C13H14N6/c14-3-9-5-16-12-11(9)13(18-7-17-12)19-2-1-8-4-15-6-10(8)19/h5,7-8,10,15H,1-2,4,6H2,(H,16,17,18). The van der Waals surface area contributed by atoms with Crippen molar-refractivity contribution in [3.63, 3.8) is 0 Å². The number of H-pyrrole nitrogens is 1. The summed E-state index contributed by atoms with van der Waals surface area (Å²) in [6, 6.07) is 2.72. The smallest absolute Gasteiger partial charge is 0.144 e. The SMILES string of the molecule is N#Cc1c[nH]c2ncnc(N3CCC4CNCC43)c12. The van der Waals surface area contributed by atoms with E-state index in [9.17, 15) is 5.26 Å². The lowest BCUT2D eigenvalue weighted by molar-refractivity contribution is 0.578. The lowest BCUT2D eigenvalue weighted by Gasteiger charge is -2.24. The van der Waals surface area contributed by atoms with E-state index in [1.807, 2.05) is 0 Å². The molecule has 2 N–H and O–H groups in total. The largest absolute Gasteiger partial charge is 0.351 e. The quantitative estimate of drug-likeness (QED) is 0.780.